The number of hydrogen-bond donors (Lipinski definition) is 1. The SMILES string of the molecule is CCNC(CCc1nccn1C)c1ccc(Cl)c(Cl)c1. The summed E-state index contributed by atoms with van der Waals surface area (Å²) in [4.78, 5) is 4.36. The van der Waals surface area contributed by atoms with Crippen molar-refractivity contribution < 1.29 is 0 Å². The normalized spacial score (nSPS) is 12.6. The van der Waals surface area contributed by atoms with Gasteiger partial charge in [0.1, 0.15) is 5.82 Å². The largest absolute Gasteiger partial charge is 0.338 e. The summed E-state index contributed by atoms with van der Waals surface area (Å²) in [6.07, 6.45) is 5.69. The van der Waals surface area contributed by atoms with Crippen LogP contribution in [0.2, 0.25) is 10.0 Å². The molecule has 2 aromatic rings. The Labute approximate surface area is 129 Å². The second-order valence-electron chi connectivity index (χ2n) is 4.78. The Morgan fingerprint density at radius 3 is 2.70 bits per heavy atom. The van der Waals surface area contributed by atoms with Crippen LogP contribution < -0.4 is 5.32 Å². The van der Waals surface area contributed by atoms with Gasteiger partial charge in [-0.2, -0.15) is 0 Å². The lowest BCUT2D eigenvalue weighted by molar-refractivity contribution is 0.506. The van der Waals surface area contributed by atoms with Gasteiger partial charge in [0.05, 0.1) is 10.0 Å². The van der Waals surface area contributed by atoms with Gasteiger partial charge in [-0.1, -0.05) is 36.2 Å². The van der Waals surface area contributed by atoms with Crippen molar-refractivity contribution in [2.75, 3.05) is 6.54 Å². The van der Waals surface area contributed by atoms with Crippen LogP contribution >= 0.6 is 23.2 Å². The molecule has 1 N–H and O–H groups in total. The van der Waals surface area contributed by atoms with E-state index in [2.05, 4.69) is 21.8 Å². The fourth-order valence-electron chi connectivity index (χ4n) is 2.27. The number of aryl methyl sites for hydroxylation is 2. The molecule has 1 aromatic heterocycles. The third-order valence-electron chi connectivity index (χ3n) is 3.37. The van der Waals surface area contributed by atoms with E-state index in [-0.39, 0.29) is 6.04 Å². The van der Waals surface area contributed by atoms with Crippen molar-refractivity contribution in [3.8, 4) is 0 Å². The van der Waals surface area contributed by atoms with Crippen LogP contribution in [0.25, 0.3) is 0 Å². The van der Waals surface area contributed by atoms with Gasteiger partial charge in [0.15, 0.2) is 0 Å². The number of rotatable bonds is 6. The van der Waals surface area contributed by atoms with Gasteiger partial charge in [0.25, 0.3) is 0 Å². The van der Waals surface area contributed by atoms with Gasteiger partial charge < -0.3 is 9.88 Å². The van der Waals surface area contributed by atoms with E-state index < -0.39 is 0 Å². The minimum Gasteiger partial charge on any atom is -0.338 e. The maximum absolute atomic E-state index is 6.11. The highest BCUT2D eigenvalue weighted by molar-refractivity contribution is 6.42. The maximum Gasteiger partial charge on any atom is 0.108 e. The first kappa shape index (κ1) is 15.4. The summed E-state index contributed by atoms with van der Waals surface area (Å²) in [6.45, 7) is 3.01. The third-order valence-corrected chi connectivity index (χ3v) is 4.11. The van der Waals surface area contributed by atoms with Gasteiger partial charge in [0.2, 0.25) is 0 Å². The monoisotopic (exact) mass is 311 g/mol. The molecule has 0 radical (unpaired) electrons. The van der Waals surface area contributed by atoms with Crippen LogP contribution in [0.4, 0.5) is 0 Å². The van der Waals surface area contributed by atoms with Crippen molar-refractivity contribution >= 4 is 23.2 Å². The predicted octanol–water partition coefficient (Wildman–Crippen LogP) is 4.01. The van der Waals surface area contributed by atoms with Crippen molar-refractivity contribution in [1.29, 1.82) is 0 Å². The molecule has 0 saturated heterocycles. The van der Waals surface area contributed by atoms with E-state index in [9.17, 15) is 0 Å². The quantitative estimate of drug-likeness (QED) is 0.873. The smallest absolute Gasteiger partial charge is 0.108 e. The molecular weight excluding hydrogens is 293 g/mol. The van der Waals surface area contributed by atoms with Gasteiger partial charge in [-0.25, -0.2) is 4.98 Å². The summed E-state index contributed by atoms with van der Waals surface area (Å²) in [6, 6.07) is 6.08. The average molecular weight is 312 g/mol. The summed E-state index contributed by atoms with van der Waals surface area (Å²) in [5.74, 6) is 1.09. The first-order chi connectivity index (χ1) is 9.61. The zero-order valence-corrected chi connectivity index (χ0v) is 13.2. The van der Waals surface area contributed by atoms with Crippen LogP contribution in [0.15, 0.2) is 30.6 Å². The molecule has 5 heteroatoms. The topological polar surface area (TPSA) is 29.9 Å². The van der Waals surface area contributed by atoms with Crippen molar-refractivity contribution in [1.82, 2.24) is 14.9 Å². The van der Waals surface area contributed by atoms with Gasteiger partial charge in [-0.05, 0) is 30.7 Å². The highest BCUT2D eigenvalue weighted by atomic mass is 35.5. The van der Waals surface area contributed by atoms with Crippen LogP contribution in [0.3, 0.4) is 0 Å². The lowest BCUT2D eigenvalue weighted by atomic mass is 10.0. The molecule has 0 amide bonds. The third kappa shape index (κ3) is 3.75. The number of hydrogen-bond acceptors (Lipinski definition) is 2. The molecule has 0 aliphatic rings. The van der Waals surface area contributed by atoms with Gasteiger partial charge in [-0.15, -0.1) is 0 Å². The zero-order chi connectivity index (χ0) is 14.5. The molecule has 0 aliphatic heterocycles. The van der Waals surface area contributed by atoms with Crippen molar-refractivity contribution in [3.63, 3.8) is 0 Å². The molecular formula is C15H19Cl2N3. The van der Waals surface area contributed by atoms with E-state index in [0.29, 0.717) is 10.0 Å². The zero-order valence-electron chi connectivity index (χ0n) is 11.7. The number of imidazole rings is 1. The first-order valence-corrected chi connectivity index (χ1v) is 7.52. The Balaban J connectivity index is 2.10. The van der Waals surface area contributed by atoms with E-state index in [0.717, 1.165) is 30.8 Å². The van der Waals surface area contributed by atoms with Crippen molar-refractivity contribution in [3.05, 3.63) is 52.0 Å². The van der Waals surface area contributed by atoms with Crippen LogP contribution in [-0.2, 0) is 13.5 Å². The summed E-state index contributed by atoms with van der Waals surface area (Å²) >= 11 is 12.1. The Bertz CT molecular complexity index is 566. The summed E-state index contributed by atoms with van der Waals surface area (Å²) in [5.41, 5.74) is 1.16. The van der Waals surface area contributed by atoms with Gasteiger partial charge in [0, 0.05) is 31.9 Å². The van der Waals surface area contributed by atoms with Crippen LogP contribution in [-0.4, -0.2) is 16.1 Å². The first-order valence-electron chi connectivity index (χ1n) is 6.76. The lowest BCUT2D eigenvalue weighted by Crippen LogP contribution is -2.22. The molecule has 0 bridgehead atoms. The van der Waals surface area contributed by atoms with E-state index in [1.807, 2.05) is 37.6 Å². The Morgan fingerprint density at radius 2 is 2.10 bits per heavy atom. The molecule has 0 aliphatic carbocycles. The number of halogens is 2. The van der Waals surface area contributed by atoms with Gasteiger partial charge >= 0.3 is 0 Å². The summed E-state index contributed by atoms with van der Waals surface area (Å²) in [5, 5.41) is 4.68. The minimum absolute atomic E-state index is 0.256. The van der Waals surface area contributed by atoms with Crippen LogP contribution in [0, 0.1) is 0 Å². The van der Waals surface area contributed by atoms with E-state index >= 15 is 0 Å². The molecule has 3 nitrogen and oxygen atoms in total. The highest BCUT2D eigenvalue weighted by Crippen LogP contribution is 2.27. The summed E-state index contributed by atoms with van der Waals surface area (Å²) < 4.78 is 2.05. The molecule has 0 fully saturated rings. The standard InChI is InChI=1S/C15H19Cl2N3/c1-3-18-14(6-7-15-19-8-9-20(15)2)11-4-5-12(16)13(17)10-11/h4-5,8-10,14,18H,3,6-7H2,1-2H3. The predicted molar refractivity (Wildman–Crippen MR) is 84.4 cm³/mol. The van der Waals surface area contributed by atoms with Crippen LogP contribution in [0.1, 0.15) is 30.8 Å². The number of benzene rings is 1. The highest BCUT2D eigenvalue weighted by Gasteiger charge is 2.13. The van der Waals surface area contributed by atoms with E-state index in [1.165, 1.54) is 0 Å². The Hall–Kier alpha value is -1.03. The fraction of sp³-hybridized carbons (Fsp3) is 0.400. The fourth-order valence-corrected chi connectivity index (χ4v) is 2.58. The minimum atomic E-state index is 0.256. The molecule has 2 rings (SSSR count). The molecule has 1 unspecified atom stereocenters. The Kier molecular flexibility index (Phi) is 5.46. The average Bonchev–Trinajstić information content (AvgIpc) is 2.83. The molecule has 1 aromatic carbocycles. The Morgan fingerprint density at radius 1 is 1.30 bits per heavy atom. The van der Waals surface area contributed by atoms with Crippen molar-refractivity contribution in [2.45, 2.75) is 25.8 Å². The molecule has 0 saturated carbocycles. The number of aromatic nitrogens is 2. The second kappa shape index (κ2) is 7.11. The maximum atomic E-state index is 6.11. The summed E-state index contributed by atoms with van der Waals surface area (Å²) in [7, 11) is 2.02. The number of nitrogens with one attached hydrogen (secondary N) is 1. The van der Waals surface area contributed by atoms with Gasteiger partial charge in [-0.3, -0.25) is 0 Å². The van der Waals surface area contributed by atoms with Crippen LogP contribution in [0.5, 0.6) is 0 Å². The molecule has 1 heterocycles. The number of nitrogens with zero attached hydrogens (tertiary/aromatic N) is 2. The van der Waals surface area contributed by atoms with E-state index in [1.54, 1.807) is 0 Å². The molecule has 20 heavy (non-hydrogen) atoms. The lowest BCUT2D eigenvalue weighted by Gasteiger charge is -2.19. The second-order valence-corrected chi connectivity index (χ2v) is 5.59. The van der Waals surface area contributed by atoms with E-state index in [4.69, 9.17) is 23.2 Å². The van der Waals surface area contributed by atoms with Crippen molar-refractivity contribution in [2.24, 2.45) is 7.05 Å². The molecule has 0 spiro atoms. The molecule has 1 atom stereocenters. The molecule has 108 valence electrons.